The van der Waals surface area contributed by atoms with Crippen molar-refractivity contribution in [3.63, 3.8) is 0 Å². The van der Waals surface area contributed by atoms with Gasteiger partial charge >= 0.3 is 17.9 Å². The molecule has 0 saturated heterocycles. The maximum absolute atomic E-state index is 12.2. The van der Waals surface area contributed by atoms with E-state index in [0.29, 0.717) is 0 Å². The Bertz CT molecular complexity index is 445. The van der Waals surface area contributed by atoms with E-state index in [-0.39, 0.29) is 26.1 Å². The molecular formula is C16H22O6. The third-order valence-corrected chi connectivity index (χ3v) is 3.51. The fourth-order valence-electron chi connectivity index (χ4n) is 2.49. The Morgan fingerprint density at radius 3 is 1.77 bits per heavy atom. The third-order valence-electron chi connectivity index (χ3n) is 3.51. The standard InChI is InChI=1S/C16H22O6/c1-4-21-13(17)10-12(11-14(18)22-5-2)16(15(19)20-3)8-6-7-9-16/h6-9,12H,4-5,10-11H2,1-3H3. The van der Waals surface area contributed by atoms with Crippen molar-refractivity contribution in [3.8, 4) is 0 Å². The zero-order chi connectivity index (χ0) is 16.6. The average molecular weight is 310 g/mol. The molecule has 0 spiro atoms. The highest BCUT2D eigenvalue weighted by Crippen LogP contribution is 2.40. The van der Waals surface area contributed by atoms with Crippen LogP contribution in [0.25, 0.3) is 0 Å². The lowest BCUT2D eigenvalue weighted by molar-refractivity contribution is -0.154. The van der Waals surface area contributed by atoms with E-state index < -0.39 is 29.2 Å². The number of hydrogen-bond donors (Lipinski definition) is 0. The molecule has 0 radical (unpaired) electrons. The first-order chi connectivity index (χ1) is 10.5. The second-order valence-corrected chi connectivity index (χ2v) is 4.86. The Kier molecular flexibility index (Phi) is 6.82. The molecular weight excluding hydrogens is 288 g/mol. The van der Waals surface area contributed by atoms with Crippen LogP contribution in [0.1, 0.15) is 26.7 Å². The topological polar surface area (TPSA) is 78.9 Å². The summed E-state index contributed by atoms with van der Waals surface area (Å²) in [6, 6.07) is 0. The second kappa shape index (κ2) is 8.36. The number of methoxy groups -OCH3 is 1. The summed E-state index contributed by atoms with van der Waals surface area (Å²) in [4.78, 5) is 35.9. The molecule has 1 rings (SSSR count). The lowest BCUT2D eigenvalue weighted by atomic mass is 9.73. The second-order valence-electron chi connectivity index (χ2n) is 4.86. The van der Waals surface area contributed by atoms with Crippen LogP contribution in [-0.4, -0.2) is 38.2 Å². The number of hydrogen-bond acceptors (Lipinski definition) is 6. The van der Waals surface area contributed by atoms with Crippen molar-refractivity contribution in [2.45, 2.75) is 26.7 Å². The zero-order valence-corrected chi connectivity index (χ0v) is 13.2. The highest BCUT2D eigenvalue weighted by atomic mass is 16.5. The van der Waals surface area contributed by atoms with Crippen molar-refractivity contribution in [1.29, 1.82) is 0 Å². The first-order valence-corrected chi connectivity index (χ1v) is 7.26. The summed E-state index contributed by atoms with van der Waals surface area (Å²) >= 11 is 0. The van der Waals surface area contributed by atoms with Crippen molar-refractivity contribution in [3.05, 3.63) is 24.3 Å². The summed E-state index contributed by atoms with van der Waals surface area (Å²) < 4.78 is 14.7. The zero-order valence-electron chi connectivity index (χ0n) is 13.2. The lowest BCUT2D eigenvalue weighted by Gasteiger charge is -2.31. The van der Waals surface area contributed by atoms with E-state index in [9.17, 15) is 14.4 Å². The van der Waals surface area contributed by atoms with Crippen molar-refractivity contribution >= 4 is 17.9 Å². The largest absolute Gasteiger partial charge is 0.468 e. The summed E-state index contributed by atoms with van der Waals surface area (Å²) in [6.45, 7) is 3.87. The Morgan fingerprint density at radius 1 is 0.955 bits per heavy atom. The van der Waals surface area contributed by atoms with Crippen molar-refractivity contribution in [2.75, 3.05) is 20.3 Å². The third kappa shape index (κ3) is 4.19. The number of esters is 3. The molecule has 6 heteroatoms. The molecule has 0 amide bonds. The highest BCUT2D eigenvalue weighted by molar-refractivity contribution is 5.85. The van der Waals surface area contributed by atoms with Crippen LogP contribution >= 0.6 is 0 Å². The molecule has 0 unspecified atom stereocenters. The first-order valence-electron chi connectivity index (χ1n) is 7.26. The first kappa shape index (κ1) is 17.9. The molecule has 0 N–H and O–H groups in total. The smallest absolute Gasteiger partial charge is 0.319 e. The Morgan fingerprint density at radius 2 is 1.41 bits per heavy atom. The van der Waals surface area contributed by atoms with E-state index in [1.54, 1.807) is 38.2 Å². The Hall–Kier alpha value is -2.11. The fraction of sp³-hybridized carbons (Fsp3) is 0.562. The molecule has 0 atom stereocenters. The number of rotatable bonds is 8. The van der Waals surface area contributed by atoms with Gasteiger partial charge in [0.05, 0.1) is 33.2 Å². The molecule has 6 nitrogen and oxygen atoms in total. The SMILES string of the molecule is CCOC(=O)CC(CC(=O)OCC)C1(C(=O)OC)C=CC=C1. The van der Waals surface area contributed by atoms with E-state index in [4.69, 9.17) is 14.2 Å². The number of carbonyl (C=O) groups is 3. The number of allylic oxidation sites excluding steroid dienone is 2. The van der Waals surface area contributed by atoms with Crippen LogP contribution < -0.4 is 0 Å². The average Bonchev–Trinajstić information content (AvgIpc) is 2.97. The van der Waals surface area contributed by atoms with Crippen molar-refractivity contribution in [2.24, 2.45) is 11.3 Å². The predicted molar refractivity (Wildman–Crippen MR) is 78.7 cm³/mol. The van der Waals surface area contributed by atoms with Crippen molar-refractivity contribution < 1.29 is 28.6 Å². The van der Waals surface area contributed by atoms with Gasteiger partial charge in [0.1, 0.15) is 5.41 Å². The maximum Gasteiger partial charge on any atom is 0.319 e. The van der Waals surface area contributed by atoms with Crippen LogP contribution in [0.15, 0.2) is 24.3 Å². The van der Waals surface area contributed by atoms with Gasteiger partial charge in [0.25, 0.3) is 0 Å². The van der Waals surface area contributed by atoms with E-state index in [1.807, 2.05) is 0 Å². The Balaban J connectivity index is 3.03. The summed E-state index contributed by atoms with van der Waals surface area (Å²) in [5, 5.41) is 0. The lowest BCUT2D eigenvalue weighted by Crippen LogP contribution is -2.38. The minimum absolute atomic E-state index is 0.0730. The molecule has 1 aliphatic rings. The molecule has 0 aromatic heterocycles. The monoisotopic (exact) mass is 310 g/mol. The van der Waals surface area contributed by atoms with Crippen LogP contribution in [-0.2, 0) is 28.6 Å². The van der Waals surface area contributed by atoms with Gasteiger partial charge in [0.2, 0.25) is 0 Å². The van der Waals surface area contributed by atoms with Crippen LogP contribution in [0.3, 0.4) is 0 Å². The highest BCUT2D eigenvalue weighted by Gasteiger charge is 2.46. The molecule has 0 bridgehead atoms. The van der Waals surface area contributed by atoms with E-state index in [0.717, 1.165) is 0 Å². The van der Waals surface area contributed by atoms with Crippen molar-refractivity contribution in [1.82, 2.24) is 0 Å². The molecule has 1 aliphatic carbocycles. The van der Waals surface area contributed by atoms with Gasteiger partial charge in [-0.1, -0.05) is 24.3 Å². The maximum atomic E-state index is 12.2. The van der Waals surface area contributed by atoms with Gasteiger partial charge in [-0.3, -0.25) is 14.4 Å². The fourth-order valence-corrected chi connectivity index (χ4v) is 2.49. The summed E-state index contributed by atoms with van der Waals surface area (Å²) in [7, 11) is 1.27. The van der Waals surface area contributed by atoms with Gasteiger partial charge in [0, 0.05) is 5.92 Å². The van der Waals surface area contributed by atoms with Crippen LogP contribution in [0.2, 0.25) is 0 Å². The van der Waals surface area contributed by atoms with Crippen LogP contribution in [0.4, 0.5) is 0 Å². The summed E-state index contributed by atoms with van der Waals surface area (Å²) in [5.74, 6) is -2.06. The minimum atomic E-state index is -1.14. The Labute approximate surface area is 130 Å². The van der Waals surface area contributed by atoms with Gasteiger partial charge in [0.15, 0.2) is 0 Å². The molecule has 122 valence electrons. The van der Waals surface area contributed by atoms with Crippen LogP contribution in [0.5, 0.6) is 0 Å². The van der Waals surface area contributed by atoms with E-state index in [1.165, 1.54) is 7.11 Å². The van der Waals surface area contributed by atoms with Gasteiger partial charge < -0.3 is 14.2 Å². The number of ether oxygens (including phenoxy) is 3. The van der Waals surface area contributed by atoms with Crippen LogP contribution in [0, 0.1) is 11.3 Å². The predicted octanol–water partition coefficient (Wildman–Crippen LogP) is 1.79. The molecule has 0 aliphatic heterocycles. The summed E-state index contributed by atoms with van der Waals surface area (Å²) in [5.41, 5.74) is -1.14. The van der Waals surface area contributed by atoms with E-state index >= 15 is 0 Å². The number of carbonyl (C=O) groups excluding carboxylic acids is 3. The van der Waals surface area contributed by atoms with Gasteiger partial charge in [-0.05, 0) is 13.8 Å². The van der Waals surface area contributed by atoms with Gasteiger partial charge in [-0.2, -0.15) is 0 Å². The summed E-state index contributed by atoms with van der Waals surface area (Å²) in [6.07, 6.45) is 6.53. The quantitative estimate of drug-likeness (QED) is 0.502. The normalized spacial score (nSPS) is 14.9. The van der Waals surface area contributed by atoms with Gasteiger partial charge in [-0.15, -0.1) is 0 Å². The van der Waals surface area contributed by atoms with Gasteiger partial charge in [-0.25, -0.2) is 0 Å². The van der Waals surface area contributed by atoms with E-state index in [2.05, 4.69) is 0 Å². The molecule has 22 heavy (non-hydrogen) atoms. The molecule has 0 fully saturated rings. The molecule has 0 saturated carbocycles. The molecule has 0 aromatic carbocycles. The molecule has 0 aromatic rings. The molecule has 0 heterocycles. The minimum Gasteiger partial charge on any atom is -0.468 e.